The van der Waals surface area contributed by atoms with Crippen molar-refractivity contribution < 1.29 is 18.4 Å². The number of piperidine rings is 1. The number of carbonyl (C=O) groups excluding carboxylic acids is 2. The fourth-order valence-corrected chi connectivity index (χ4v) is 5.12. The molecule has 0 radical (unpaired) electrons. The molecule has 0 atom stereocenters. The van der Waals surface area contributed by atoms with Crippen LogP contribution in [0.25, 0.3) is 22.0 Å². The van der Waals surface area contributed by atoms with Gasteiger partial charge in [0.25, 0.3) is 17.7 Å². The van der Waals surface area contributed by atoms with Crippen LogP contribution >= 0.6 is 0 Å². The van der Waals surface area contributed by atoms with E-state index in [0.29, 0.717) is 11.3 Å². The van der Waals surface area contributed by atoms with Crippen LogP contribution in [-0.2, 0) is 5.54 Å². The SMILES string of the molecule is CN1C(=O)c2ncc(-c3cccc4cc(C(=O)N5CCC(F)(F)CC5)cnc34)cc2C12CC2. The Morgan fingerprint density at radius 1 is 1.03 bits per heavy atom. The molecule has 1 spiro atoms. The van der Waals surface area contributed by atoms with Gasteiger partial charge < -0.3 is 9.80 Å². The number of likely N-dealkylation sites (tertiary alicyclic amines) is 1. The number of fused-ring (bicyclic) bond motifs is 3. The van der Waals surface area contributed by atoms with Crippen molar-refractivity contribution in [3.8, 4) is 11.1 Å². The third-order valence-electron chi connectivity index (χ3n) is 7.31. The molecule has 2 amide bonds. The Hall–Kier alpha value is -3.42. The van der Waals surface area contributed by atoms with Gasteiger partial charge in [0.2, 0.25) is 0 Å². The minimum Gasteiger partial charge on any atom is -0.338 e. The Kier molecular flexibility index (Phi) is 4.16. The van der Waals surface area contributed by atoms with Crippen LogP contribution in [0.5, 0.6) is 0 Å². The molecule has 3 aliphatic rings. The van der Waals surface area contributed by atoms with Crippen LogP contribution in [0.1, 0.15) is 52.1 Å². The van der Waals surface area contributed by atoms with Gasteiger partial charge in [0, 0.05) is 67.4 Å². The van der Waals surface area contributed by atoms with E-state index >= 15 is 0 Å². The number of hydrogen-bond acceptors (Lipinski definition) is 4. The maximum Gasteiger partial charge on any atom is 0.273 e. The molecule has 2 fully saturated rings. The Labute approximate surface area is 189 Å². The molecule has 3 aromatic rings. The van der Waals surface area contributed by atoms with Crippen molar-refractivity contribution in [1.29, 1.82) is 0 Å². The minimum atomic E-state index is -2.70. The Morgan fingerprint density at radius 2 is 1.79 bits per heavy atom. The topological polar surface area (TPSA) is 66.4 Å². The molecule has 4 heterocycles. The average Bonchev–Trinajstić information content (AvgIpc) is 3.60. The molecule has 0 N–H and O–H groups in total. The monoisotopic (exact) mass is 448 g/mol. The molecule has 1 aliphatic carbocycles. The van der Waals surface area contributed by atoms with Crippen molar-refractivity contribution >= 4 is 22.7 Å². The molecule has 0 bridgehead atoms. The van der Waals surface area contributed by atoms with Gasteiger partial charge in [-0.15, -0.1) is 0 Å². The summed E-state index contributed by atoms with van der Waals surface area (Å²) in [6, 6.07) is 9.54. The third-order valence-corrected chi connectivity index (χ3v) is 7.31. The number of carbonyl (C=O) groups is 2. The lowest BCUT2D eigenvalue weighted by molar-refractivity contribution is -0.0494. The molecule has 168 valence electrons. The number of amides is 2. The number of alkyl halides is 2. The quantitative estimate of drug-likeness (QED) is 0.588. The number of benzene rings is 1. The van der Waals surface area contributed by atoms with Crippen LogP contribution in [0.3, 0.4) is 0 Å². The molecule has 33 heavy (non-hydrogen) atoms. The summed E-state index contributed by atoms with van der Waals surface area (Å²) < 4.78 is 26.9. The third kappa shape index (κ3) is 3.03. The summed E-state index contributed by atoms with van der Waals surface area (Å²) in [5, 5.41) is 0.788. The molecule has 1 saturated heterocycles. The summed E-state index contributed by atoms with van der Waals surface area (Å²) >= 11 is 0. The highest BCUT2D eigenvalue weighted by molar-refractivity contribution is 6.02. The van der Waals surface area contributed by atoms with Gasteiger partial charge in [0.15, 0.2) is 0 Å². The first-order valence-electron chi connectivity index (χ1n) is 11.1. The predicted molar refractivity (Wildman–Crippen MR) is 118 cm³/mol. The summed E-state index contributed by atoms with van der Waals surface area (Å²) in [4.78, 5) is 37.8. The minimum absolute atomic E-state index is 0.0382. The fourth-order valence-electron chi connectivity index (χ4n) is 5.12. The predicted octanol–water partition coefficient (Wildman–Crippen LogP) is 4.24. The molecule has 1 saturated carbocycles. The highest BCUT2D eigenvalue weighted by Crippen LogP contribution is 2.55. The van der Waals surface area contributed by atoms with Crippen LogP contribution in [0.4, 0.5) is 8.78 Å². The summed E-state index contributed by atoms with van der Waals surface area (Å²) in [5.74, 6) is -3.01. The standard InChI is InChI=1S/C25H22F2N4O2/c1-30-23(33)21-19(24(30)5-6-24)12-16(13-29-21)18-4-2-3-15-11-17(14-28-20(15)18)22(32)31-9-7-25(26,27)8-10-31/h2-4,11-14H,5-10H2,1H3. The van der Waals surface area contributed by atoms with Crippen LogP contribution in [0.15, 0.2) is 42.7 Å². The molecule has 8 heteroatoms. The Bertz CT molecular complexity index is 1330. The molecule has 2 aromatic heterocycles. The van der Waals surface area contributed by atoms with Crippen molar-refractivity contribution in [1.82, 2.24) is 19.8 Å². The summed E-state index contributed by atoms with van der Waals surface area (Å²) in [6.07, 6.45) is 4.48. The molecular formula is C25H22F2N4O2. The largest absolute Gasteiger partial charge is 0.338 e. The Balaban J connectivity index is 1.35. The lowest BCUT2D eigenvalue weighted by Gasteiger charge is -2.31. The smallest absolute Gasteiger partial charge is 0.273 e. The number of para-hydroxylation sites is 1. The first kappa shape index (κ1) is 20.2. The van der Waals surface area contributed by atoms with Crippen LogP contribution in [0, 0.1) is 0 Å². The number of halogens is 2. The van der Waals surface area contributed by atoms with Gasteiger partial charge in [-0.05, 0) is 25.0 Å². The first-order chi connectivity index (χ1) is 15.8. The van der Waals surface area contributed by atoms with Crippen molar-refractivity contribution in [3.63, 3.8) is 0 Å². The van der Waals surface area contributed by atoms with Crippen molar-refractivity contribution in [2.45, 2.75) is 37.1 Å². The molecule has 2 aliphatic heterocycles. The number of rotatable bonds is 2. The first-order valence-corrected chi connectivity index (χ1v) is 11.1. The van der Waals surface area contributed by atoms with E-state index in [1.165, 1.54) is 11.1 Å². The summed E-state index contributed by atoms with van der Waals surface area (Å²) in [7, 11) is 1.83. The van der Waals surface area contributed by atoms with E-state index in [1.807, 2.05) is 31.3 Å². The summed E-state index contributed by atoms with van der Waals surface area (Å²) in [5.41, 5.74) is 4.13. The molecule has 6 rings (SSSR count). The lowest BCUT2D eigenvalue weighted by atomic mass is 9.98. The van der Waals surface area contributed by atoms with Crippen LogP contribution in [0.2, 0.25) is 0 Å². The fraction of sp³-hybridized carbons (Fsp3) is 0.360. The van der Waals surface area contributed by atoms with E-state index in [2.05, 4.69) is 9.97 Å². The number of pyridine rings is 2. The lowest BCUT2D eigenvalue weighted by Crippen LogP contribution is -2.42. The molecule has 6 nitrogen and oxygen atoms in total. The molecule has 1 aromatic carbocycles. The molecule has 0 unspecified atom stereocenters. The van der Waals surface area contributed by atoms with Crippen molar-refractivity contribution in [2.75, 3.05) is 20.1 Å². The van der Waals surface area contributed by atoms with Gasteiger partial charge in [-0.3, -0.25) is 19.6 Å². The molecular weight excluding hydrogens is 426 g/mol. The van der Waals surface area contributed by atoms with Crippen LogP contribution in [-0.4, -0.2) is 57.6 Å². The van der Waals surface area contributed by atoms with E-state index in [1.54, 1.807) is 17.2 Å². The maximum absolute atomic E-state index is 13.5. The zero-order chi connectivity index (χ0) is 23.0. The second kappa shape index (κ2) is 6.79. The summed E-state index contributed by atoms with van der Waals surface area (Å²) in [6.45, 7) is 0.0826. The van der Waals surface area contributed by atoms with E-state index < -0.39 is 5.92 Å². The maximum atomic E-state index is 13.5. The number of nitrogens with zero attached hydrogens (tertiary/aromatic N) is 4. The normalized spacial score (nSPS) is 20.4. The highest BCUT2D eigenvalue weighted by atomic mass is 19.3. The van der Waals surface area contributed by atoms with E-state index in [4.69, 9.17) is 0 Å². The zero-order valence-corrected chi connectivity index (χ0v) is 18.1. The Morgan fingerprint density at radius 3 is 2.52 bits per heavy atom. The average molecular weight is 448 g/mol. The van der Waals surface area contributed by atoms with E-state index in [-0.39, 0.29) is 43.3 Å². The van der Waals surface area contributed by atoms with Crippen molar-refractivity contribution in [2.24, 2.45) is 0 Å². The van der Waals surface area contributed by atoms with E-state index in [9.17, 15) is 18.4 Å². The number of aromatic nitrogens is 2. The second-order valence-electron chi connectivity index (χ2n) is 9.27. The van der Waals surface area contributed by atoms with Gasteiger partial charge in [0.05, 0.1) is 16.6 Å². The van der Waals surface area contributed by atoms with Gasteiger partial charge in [0.1, 0.15) is 5.69 Å². The van der Waals surface area contributed by atoms with Gasteiger partial charge in [-0.2, -0.15) is 0 Å². The zero-order valence-electron chi connectivity index (χ0n) is 18.1. The van der Waals surface area contributed by atoms with Gasteiger partial charge in [-0.1, -0.05) is 18.2 Å². The van der Waals surface area contributed by atoms with Gasteiger partial charge in [-0.25, -0.2) is 8.78 Å². The second-order valence-corrected chi connectivity index (χ2v) is 9.27. The van der Waals surface area contributed by atoms with Crippen LogP contribution < -0.4 is 0 Å². The number of hydrogen-bond donors (Lipinski definition) is 0. The highest BCUT2D eigenvalue weighted by Gasteiger charge is 2.57. The van der Waals surface area contributed by atoms with E-state index in [0.717, 1.165) is 40.4 Å². The van der Waals surface area contributed by atoms with Crippen molar-refractivity contribution in [3.05, 3.63) is 59.5 Å². The van der Waals surface area contributed by atoms with Gasteiger partial charge >= 0.3 is 0 Å².